The number of rotatable bonds is 4. The second kappa shape index (κ2) is 4.88. The number of carbonyl (C=O) groups is 2. The molecule has 0 aromatic carbocycles. The first-order chi connectivity index (χ1) is 7.02. The molecule has 0 aliphatic heterocycles. The van der Waals surface area contributed by atoms with E-state index >= 15 is 0 Å². The van der Waals surface area contributed by atoms with Crippen molar-refractivity contribution in [3.63, 3.8) is 0 Å². The molecule has 5 nitrogen and oxygen atoms in total. The van der Waals surface area contributed by atoms with Crippen LogP contribution >= 0.6 is 15.9 Å². The molecule has 6 heteroatoms. The number of pyridine rings is 1. The molecule has 1 heterocycles. The zero-order chi connectivity index (χ0) is 11.4. The van der Waals surface area contributed by atoms with Gasteiger partial charge < -0.3 is 10.2 Å². The minimum Gasteiger partial charge on any atom is -0.481 e. The van der Waals surface area contributed by atoms with Crippen molar-refractivity contribution in [2.24, 2.45) is 0 Å². The molecule has 0 radical (unpaired) electrons. The molecular weight excluding hydrogens is 266 g/mol. The van der Waals surface area contributed by atoms with Crippen LogP contribution in [-0.4, -0.2) is 27.1 Å². The molecule has 1 aromatic heterocycles. The van der Waals surface area contributed by atoms with E-state index in [-0.39, 0.29) is 5.69 Å². The van der Waals surface area contributed by atoms with E-state index in [0.29, 0.717) is 4.47 Å². The van der Waals surface area contributed by atoms with Crippen LogP contribution in [0.5, 0.6) is 0 Å². The van der Waals surface area contributed by atoms with Crippen LogP contribution < -0.4 is 0 Å². The summed E-state index contributed by atoms with van der Waals surface area (Å²) in [6, 6.07) is 3.26. The molecule has 0 fully saturated rings. The van der Waals surface area contributed by atoms with Gasteiger partial charge >= 0.3 is 11.9 Å². The van der Waals surface area contributed by atoms with Gasteiger partial charge in [0.2, 0.25) is 0 Å². The van der Waals surface area contributed by atoms with E-state index in [1.165, 1.54) is 6.20 Å². The summed E-state index contributed by atoms with van der Waals surface area (Å²) in [7, 11) is 0. The first kappa shape index (κ1) is 11.6. The van der Waals surface area contributed by atoms with Crippen molar-refractivity contribution in [3.8, 4) is 0 Å². The quantitative estimate of drug-likeness (QED) is 0.868. The van der Waals surface area contributed by atoms with Crippen molar-refractivity contribution >= 4 is 27.9 Å². The van der Waals surface area contributed by atoms with Crippen LogP contribution in [0.4, 0.5) is 0 Å². The van der Waals surface area contributed by atoms with Gasteiger partial charge in [0, 0.05) is 10.7 Å². The van der Waals surface area contributed by atoms with E-state index in [4.69, 9.17) is 10.2 Å². The lowest BCUT2D eigenvalue weighted by Gasteiger charge is -2.10. The predicted octanol–water partition coefficient (Wildman–Crippen LogP) is 1.49. The highest BCUT2D eigenvalue weighted by atomic mass is 79.9. The molecular formula is C9H8BrNO4. The van der Waals surface area contributed by atoms with Gasteiger partial charge in [0.25, 0.3) is 0 Å². The maximum Gasteiger partial charge on any atom is 0.313 e. The minimum absolute atomic E-state index is 0.229. The highest BCUT2D eigenvalue weighted by Gasteiger charge is 2.26. The Kier molecular flexibility index (Phi) is 3.79. The molecule has 0 amide bonds. The van der Waals surface area contributed by atoms with Crippen molar-refractivity contribution in [1.82, 2.24) is 4.98 Å². The average molecular weight is 274 g/mol. The van der Waals surface area contributed by atoms with Crippen molar-refractivity contribution in [1.29, 1.82) is 0 Å². The fourth-order valence-electron chi connectivity index (χ4n) is 1.13. The smallest absolute Gasteiger partial charge is 0.313 e. The Morgan fingerprint density at radius 2 is 2.13 bits per heavy atom. The van der Waals surface area contributed by atoms with Crippen LogP contribution in [0.25, 0.3) is 0 Å². The summed E-state index contributed by atoms with van der Waals surface area (Å²) in [5.74, 6) is -3.49. The monoisotopic (exact) mass is 273 g/mol. The van der Waals surface area contributed by atoms with Crippen molar-refractivity contribution in [3.05, 3.63) is 28.5 Å². The van der Waals surface area contributed by atoms with Gasteiger partial charge in [-0.2, -0.15) is 0 Å². The molecule has 0 saturated carbocycles. The summed E-state index contributed by atoms with van der Waals surface area (Å²) in [4.78, 5) is 25.2. The van der Waals surface area contributed by atoms with Gasteiger partial charge in [0.05, 0.1) is 12.1 Å². The lowest BCUT2D eigenvalue weighted by atomic mass is 10.0. The number of hydrogen-bond acceptors (Lipinski definition) is 3. The fraction of sp³-hybridized carbons (Fsp3) is 0.222. The number of nitrogens with zero attached hydrogens (tertiary/aromatic N) is 1. The van der Waals surface area contributed by atoms with E-state index in [0.717, 1.165) is 0 Å². The van der Waals surface area contributed by atoms with Gasteiger partial charge in [-0.1, -0.05) is 0 Å². The first-order valence-electron chi connectivity index (χ1n) is 4.07. The first-order valence-corrected chi connectivity index (χ1v) is 4.86. The van der Waals surface area contributed by atoms with Gasteiger partial charge in [0.1, 0.15) is 5.92 Å². The molecule has 0 aliphatic rings. The highest BCUT2D eigenvalue weighted by molar-refractivity contribution is 9.10. The normalized spacial score (nSPS) is 12.1. The average Bonchev–Trinajstić information content (AvgIpc) is 2.15. The van der Waals surface area contributed by atoms with Crippen molar-refractivity contribution in [2.75, 3.05) is 0 Å². The zero-order valence-electron chi connectivity index (χ0n) is 7.55. The lowest BCUT2D eigenvalue weighted by molar-refractivity contribution is -0.145. The number of aliphatic carboxylic acids is 2. The predicted molar refractivity (Wildman–Crippen MR) is 54.6 cm³/mol. The molecule has 2 N–H and O–H groups in total. The Labute approximate surface area is 93.9 Å². The summed E-state index contributed by atoms with van der Waals surface area (Å²) >= 11 is 3.14. The molecule has 0 spiro atoms. The fourth-order valence-corrected chi connectivity index (χ4v) is 1.66. The van der Waals surface area contributed by atoms with Gasteiger partial charge in [-0.05, 0) is 28.1 Å². The highest BCUT2D eigenvalue weighted by Crippen LogP contribution is 2.25. The van der Waals surface area contributed by atoms with Gasteiger partial charge in [0.15, 0.2) is 0 Å². The van der Waals surface area contributed by atoms with E-state index < -0.39 is 24.3 Å². The lowest BCUT2D eigenvalue weighted by Crippen LogP contribution is -2.17. The van der Waals surface area contributed by atoms with E-state index in [9.17, 15) is 9.59 Å². The summed E-state index contributed by atoms with van der Waals surface area (Å²) in [6.07, 6.45) is 0.947. The van der Waals surface area contributed by atoms with Crippen LogP contribution in [0.2, 0.25) is 0 Å². The summed E-state index contributed by atoms with van der Waals surface area (Å²) < 4.78 is 0.499. The molecule has 80 valence electrons. The van der Waals surface area contributed by atoms with Gasteiger partial charge in [-0.3, -0.25) is 14.6 Å². The standard InChI is InChI=1S/C9H8BrNO4/c10-6-2-1-3-11-8(6)5(9(14)15)4-7(12)13/h1-3,5H,4H2,(H,12,13)(H,14,15). The Balaban J connectivity index is 3.04. The van der Waals surface area contributed by atoms with E-state index in [2.05, 4.69) is 20.9 Å². The van der Waals surface area contributed by atoms with Crippen LogP contribution in [0, 0.1) is 0 Å². The SMILES string of the molecule is O=C(O)CC(C(=O)O)c1ncccc1Br. The third-order valence-electron chi connectivity index (χ3n) is 1.79. The minimum atomic E-state index is -1.20. The molecule has 15 heavy (non-hydrogen) atoms. The largest absolute Gasteiger partial charge is 0.481 e. The van der Waals surface area contributed by atoms with Crippen LogP contribution in [0.1, 0.15) is 18.0 Å². The van der Waals surface area contributed by atoms with Crippen LogP contribution in [0.15, 0.2) is 22.8 Å². The third-order valence-corrected chi connectivity index (χ3v) is 2.46. The zero-order valence-corrected chi connectivity index (χ0v) is 9.14. The molecule has 1 rings (SSSR count). The number of carboxylic acids is 2. The second-order valence-corrected chi connectivity index (χ2v) is 3.71. The van der Waals surface area contributed by atoms with E-state index in [1.54, 1.807) is 12.1 Å². The number of halogens is 1. The number of carboxylic acid groups (broad SMARTS) is 2. The Hall–Kier alpha value is -1.43. The maximum absolute atomic E-state index is 10.9. The van der Waals surface area contributed by atoms with Gasteiger partial charge in [-0.25, -0.2) is 0 Å². The Morgan fingerprint density at radius 3 is 2.60 bits per heavy atom. The second-order valence-electron chi connectivity index (χ2n) is 2.86. The van der Waals surface area contributed by atoms with Crippen molar-refractivity contribution in [2.45, 2.75) is 12.3 Å². The topological polar surface area (TPSA) is 87.5 Å². The summed E-state index contributed by atoms with van der Waals surface area (Å²) in [6.45, 7) is 0. The van der Waals surface area contributed by atoms with Crippen molar-refractivity contribution < 1.29 is 19.8 Å². The van der Waals surface area contributed by atoms with E-state index in [1.807, 2.05) is 0 Å². The molecule has 1 atom stereocenters. The molecule has 1 unspecified atom stereocenters. The maximum atomic E-state index is 10.9. The van der Waals surface area contributed by atoms with Crippen LogP contribution in [0.3, 0.4) is 0 Å². The number of hydrogen-bond donors (Lipinski definition) is 2. The molecule has 0 aliphatic carbocycles. The van der Waals surface area contributed by atoms with Crippen LogP contribution in [-0.2, 0) is 9.59 Å². The third kappa shape index (κ3) is 3.02. The molecule has 0 bridgehead atoms. The number of aromatic nitrogens is 1. The molecule has 0 saturated heterocycles. The summed E-state index contributed by atoms with van der Waals surface area (Å²) in [5, 5.41) is 17.5. The molecule has 1 aromatic rings. The Morgan fingerprint density at radius 1 is 1.47 bits per heavy atom. The van der Waals surface area contributed by atoms with Gasteiger partial charge in [-0.15, -0.1) is 0 Å². The Bertz CT molecular complexity index is 393. The summed E-state index contributed by atoms with van der Waals surface area (Å²) in [5.41, 5.74) is 0.229.